The molecule has 0 amide bonds. The molecule has 0 bridgehead atoms. The number of carbonyl (C=O) groups excluding carboxylic acids is 2. The Morgan fingerprint density at radius 3 is 1.83 bits per heavy atom. The van der Waals surface area contributed by atoms with Gasteiger partial charge in [-0.25, -0.2) is 0 Å². The summed E-state index contributed by atoms with van der Waals surface area (Å²) in [6.07, 6.45) is 8.17. The van der Waals surface area contributed by atoms with Crippen molar-refractivity contribution in [1.82, 2.24) is 5.32 Å². The van der Waals surface area contributed by atoms with Gasteiger partial charge in [0.25, 0.3) is 0 Å². The molecule has 0 aromatic heterocycles. The Bertz CT molecular complexity index is 252. The molecule has 0 aliphatic heterocycles. The minimum Gasteiger partial charge on any atom is -0.459 e. The van der Waals surface area contributed by atoms with Crippen molar-refractivity contribution in [1.29, 1.82) is 0 Å². The van der Waals surface area contributed by atoms with Crippen molar-refractivity contribution in [3.05, 3.63) is 0 Å². The third kappa shape index (κ3) is 14.7. The molecule has 0 aromatic carbocycles. The van der Waals surface area contributed by atoms with Crippen LogP contribution in [0.25, 0.3) is 0 Å². The van der Waals surface area contributed by atoms with Crippen LogP contribution in [0.5, 0.6) is 0 Å². The van der Waals surface area contributed by atoms with Gasteiger partial charge >= 0.3 is 5.97 Å². The highest BCUT2D eigenvalue weighted by molar-refractivity contribution is 5.85. The first-order valence-corrected chi connectivity index (χ1v) is 5.99. The summed E-state index contributed by atoms with van der Waals surface area (Å²) in [6.45, 7) is 10.8. The van der Waals surface area contributed by atoms with Gasteiger partial charge in [-0.15, -0.1) is 12.8 Å². The molecule has 1 unspecified atom stereocenters. The Morgan fingerprint density at radius 1 is 1.22 bits per heavy atom. The van der Waals surface area contributed by atoms with Crippen molar-refractivity contribution in [3.8, 4) is 12.8 Å². The second-order valence-corrected chi connectivity index (χ2v) is 4.28. The van der Waals surface area contributed by atoms with E-state index in [1.54, 1.807) is 27.8 Å². The fourth-order valence-corrected chi connectivity index (χ4v) is 0.964. The first-order chi connectivity index (χ1) is 8.26. The molecule has 0 rings (SSSR count). The van der Waals surface area contributed by atoms with Crippen molar-refractivity contribution in [2.24, 2.45) is 0 Å². The number of likely N-dealkylation sites (N-methyl/N-ethyl adjacent to an activating group) is 1. The minimum absolute atomic E-state index is 0.0322. The van der Waals surface area contributed by atoms with E-state index in [1.165, 1.54) is 6.92 Å². The monoisotopic (exact) mass is 257 g/mol. The number of ketones is 1. The Kier molecular flexibility index (Phi) is 14.8. The summed E-state index contributed by atoms with van der Waals surface area (Å²) >= 11 is 0. The number of Topliss-reactive ketones (excluding diaryl/α,β-unsaturated/α-hetero) is 1. The van der Waals surface area contributed by atoms with Gasteiger partial charge in [-0.3, -0.25) is 9.59 Å². The van der Waals surface area contributed by atoms with Crippen molar-refractivity contribution >= 4 is 11.8 Å². The lowest BCUT2D eigenvalue weighted by Gasteiger charge is -2.23. The highest BCUT2D eigenvalue weighted by atomic mass is 16.6. The van der Waals surface area contributed by atoms with Crippen molar-refractivity contribution in [3.63, 3.8) is 0 Å². The van der Waals surface area contributed by atoms with Crippen molar-refractivity contribution < 1.29 is 14.3 Å². The van der Waals surface area contributed by atoms with Crippen LogP contribution in [0.4, 0.5) is 0 Å². The number of esters is 1. The zero-order valence-corrected chi connectivity index (χ0v) is 12.7. The van der Waals surface area contributed by atoms with Gasteiger partial charge in [0.15, 0.2) is 0 Å². The quantitative estimate of drug-likeness (QED) is 0.619. The molecule has 4 heteroatoms. The lowest BCUT2D eigenvalue weighted by atomic mass is 10.1. The molecule has 18 heavy (non-hydrogen) atoms. The summed E-state index contributed by atoms with van der Waals surface area (Å²) in [6, 6.07) is -0.535. The normalized spacial score (nSPS) is 10.9. The van der Waals surface area contributed by atoms with Gasteiger partial charge in [-0.05, 0) is 34.7 Å². The number of terminal acetylenes is 1. The lowest BCUT2D eigenvalue weighted by molar-refractivity contribution is -0.158. The van der Waals surface area contributed by atoms with Crippen LogP contribution in [-0.4, -0.2) is 30.4 Å². The van der Waals surface area contributed by atoms with Crippen molar-refractivity contribution in [2.75, 3.05) is 7.05 Å². The Morgan fingerprint density at radius 2 is 1.61 bits per heavy atom. The Balaban J connectivity index is -0.000000506. The number of hydrogen-bond acceptors (Lipinski definition) is 4. The molecule has 106 valence electrons. The molecule has 0 aliphatic carbocycles. The maximum absolute atomic E-state index is 11.5. The summed E-state index contributed by atoms with van der Waals surface area (Å²) < 4.78 is 5.14. The first kappa shape index (κ1) is 21.9. The fraction of sp³-hybridized carbons (Fsp3) is 0.714. The standard InChI is InChI=1S/C10H19NO3.C2H6.C2H2/c1-7(12)6-8(11-5)9(13)14-10(2,3)4;2*1-2/h8,11H,6H2,1-5H3;1-2H3;1-2H. The summed E-state index contributed by atoms with van der Waals surface area (Å²) in [5.41, 5.74) is -0.511. The van der Waals surface area contributed by atoms with Crippen LogP contribution in [0, 0.1) is 12.8 Å². The Hall–Kier alpha value is -1.34. The number of nitrogens with one attached hydrogen (secondary N) is 1. The summed E-state index contributed by atoms with van der Waals surface area (Å²) in [7, 11) is 1.64. The molecular formula is C14H27NO3. The van der Waals surface area contributed by atoms with Crippen molar-refractivity contribution in [2.45, 2.75) is 59.6 Å². The maximum Gasteiger partial charge on any atom is 0.324 e. The van der Waals surface area contributed by atoms with E-state index in [0.29, 0.717) is 0 Å². The summed E-state index contributed by atoms with van der Waals surface area (Å²) in [4.78, 5) is 22.3. The molecule has 1 N–H and O–H groups in total. The molecule has 0 radical (unpaired) electrons. The smallest absolute Gasteiger partial charge is 0.324 e. The van der Waals surface area contributed by atoms with E-state index in [4.69, 9.17) is 4.74 Å². The molecular weight excluding hydrogens is 230 g/mol. The van der Waals surface area contributed by atoms with E-state index >= 15 is 0 Å². The SMILES string of the molecule is C#C.CC.CNC(CC(C)=O)C(=O)OC(C)(C)C. The third-order valence-electron chi connectivity index (χ3n) is 1.53. The Labute approximate surface area is 111 Å². The van der Waals surface area contributed by atoms with Crippen LogP contribution in [0.1, 0.15) is 48.0 Å². The average molecular weight is 257 g/mol. The van der Waals surface area contributed by atoms with Crippen LogP contribution in [0.15, 0.2) is 0 Å². The van der Waals surface area contributed by atoms with Gasteiger partial charge in [0.05, 0.1) is 0 Å². The predicted octanol–water partition coefficient (Wildman–Crippen LogP) is 2.17. The van der Waals surface area contributed by atoms with Crippen LogP contribution in [-0.2, 0) is 14.3 Å². The number of rotatable bonds is 4. The average Bonchev–Trinajstić information content (AvgIpc) is 2.28. The van der Waals surface area contributed by atoms with E-state index < -0.39 is 11.6 Å². The van der Waals surface area contributed by atoms with Crippen LogP contribution < -0.4 is 5.32 Å². The fourth-order valence-electron chi connectivity index (χ4n) is 0.964. The molecule has 4 nitrogen and oxygen atoms in total. The number of hydrogen-bond donors (Lipinski definition) is 1. The summed E-state index contributed by atoms with van der Waals surface area (Å²) in [5.74, 6) is -0.412. The van der Waals surface area contributed by atoms with Gasteiger partial charge in [0, 0.05) is 6.42 Å². The van der Waals surface area contributed by atoms with Crippen LogP contribution in [0.2, 0.25) is 0 Å². The van der Waals surface area contributed by atoms with E-state index in [1.807, 2.05) is 13.8 Å². The predicted molar refractivity (Wildman–Crippen MR) is 75.2 cm³/mol. The number of ether oxygens (including phenoxy) is 1. The second kappa shape index (κ2) is 12.1. The topological polar surface area (TPSA) is 55.4 Å². The van der Waals surface area contributed by atoms with Crippen LogP contribution in [0.3, 0.4) is 0 Å². The molecule has 0 saturated heterocycles. The van der Waals surface area contributed by atoms with E-state index in [2.05, 4.69) is 18.2 Å². The zero-order chi connectivity index (χ0) is 15.4. The lowest BCUT2D eigenvalue weighted by Crippen LogP contribution is -2.40. The molecule has 0 fully saturated rings. The first-order valence-electron chi connectivity index (χ1n) is 5.99. The third-order valence-corrected chi connectivity index (χ3v) is 1.53. The maximum atomic E-state index is 11.5. The van der Waals surface area contributed by atoms with E-state index in [-0.39, 0.29) is 18.2 Å². The van der Waals surface area contributed by atoms with Gasteiger partial charge < -0.3 is 10.1 Å². The highest BCUT2D eigenvalue weighted by Gasteiger charge is 2.24. The van der Waals surface area contributed by atoms with Gasteiger partial charge in [-0.2, -0.15) is 0 Å². The van der Waals surface area contributed by atoms with Gasteiger partial charge in [0.2, 0.25) is 0 Å². The molecule has 0 heterocycles. The largest absolute Gasteiger partial charge is 0.459 e. The molecule has 0 aromatic rings. The van der Waals surface area contributed by atoms with Gasteiger partial charge in [0.1, 0.15) is 17.4 Å². The van der Waals surface area contributed by atoms with E-state index in [9.17, 15) is 9.59 Å². The zero-order valence-electron chi connectivity index (χ0n) is 12.7. The highest BCUT2D eigenvalue weighted by Crippen LogP contribution is 2.09. The molecule has 1 atom stereocenters. The van der Waals surface area contributed by atoms with Crippen LogP contribution >= 0.6 is 0 Å². The van der Waals surface area contributed by atoms with E-state index in [0.717, 1.165) is 0 Å². The molecule has 0 aliphatic rings. The minimum atomic E-state index is -0.535. The molecule has 0 spiro atoms. The van der Waals surface area contributed by atoms with Gasteiger partial charge in [-0.1, -0.05) is 13.8 Å². The number of carbonyl (C=O) groups is 2. The summed E-state index contributed by atoms with van der Waals surface area (Å²) in [5, 5.41) is 2.76. The second-order valence-electron chi connectivity index (χ2n) is 4.28. The molecule has 0 saturated carbocycles.